The first-order valence-electron chi connectivity index (χ1n) is 20.4. The molecule has 1 aliphatic carbocycles. The molecule has 2 aromatic heterocycles. The van der Waals surface area contributed by atoms with E-state index in [0.29, 0.717) is 50.2 Å². The van der Waals surface area contributed by atoms with E-state index < -0.39 is 48.5 Å². The van der Waals surface area contributed by atoms with Gasteiger partial charge in [0.25, 0.3) is 6.47 Å². The zero-order chi connectivity index (χ0) is 49.3. The SMILES string of the molecule is CC(Nc1ncnc2c1ncn2[C@H]1CC(O)[C@@H](COP(=O)(O)OP(=O)(O)OP(=O)(O)O)O1)c1ccc(C#CCCC(=O)c2ccc(OC=O)c(-c3c4ccc(=O)cc-4oc4cc(O)ccc34)c2)cc1. The van der Waals surface area contributed by atoms with E-state index in [0.717, 1.165) is 5.56 Å². The molecule has 1 fully saturated rings. The lowest BCUT2D eigenvalue weighted by Crippen LogP contribution is -2.26. The minimum absolute atomic E-state index is 0.0634. The Kier molecular flexibility index (Phi) is 14.1. The number of ketones is 1. The van der Waals surface area contributed by atoms with Gasteiger partial charge in [0.1, 0.15) is 41.5 Å². The third-order valence-electron chi connectivity index (χ3n) is 10.6. The molecule has 26 heteroatoms. The minimum Gasteiger partial charge on any atom is -0.508 e. The molecule has 0 spiro atoms. The summed E-state index contributed by atoms with van der Waals surface area (Å²) in [5.74, 6) is 6.60. The van der Waals surface area contributed by atoms with E-state index in [4.69, 9.17) is 23.7 Å². The van der Waals surface area contributed by atoms with Crippen LogP contribution in [-0.2, 0) is 36.4 Å². The second-order valence-corrected chi connectivity index (χ2v) is 19.7. The first kappa shape index (κ1) is 49.0. The molecule has 0 amide bonds. The fraction of sp³-hybridized carbons (Fsp3) is 0.209. The maximum absolute atomic E-state index is 13.5. The Hall–Kier alpha value is -6.47. The molecule has 0 bridgehead atoms. The number of ether oxygens (including phenoxy) is 2. The Morgan fingerprint density at radius 3 is 2.49 bits per heavy atom. The number of anilines is 1. The maximum atomic E-state index is 13.5. The number of aromatic nitrogens is 4. The van der Waals surface area contributed by atoms with Crippen LogP contribution in [0.2, 0.25) is 0 Å². The Balaban J connectivity index is 0.891. The molecular formula is C43H38N5O18P3. The van der Waals surface area contributed by atoms with Crippen molar-refractivity contribution in [3.05, 3.63) is 118 Å². The number of hydrogen-bond donors (Lipinski definition) is 7. The Bertz CT molecular complexity index is 3350. The number of nitrogens with one attached hydrogen (secondary N) is 1. The summed E-state index contributed by atoms with van der Waals surface area (Å²) in [6.07, 6.45) is -0.560. The van der Waals surface area contributed by atoms with E-state index >= 15 is 0 Å². The van der Waals surface area contributed by atoms with Crippen molar-refractivity contribution in [1.29, 1.82) is 0 Å². The predicted molar refractivity (Wildman–Crippen MR) is 241 cm³/mol. The highest BCUT2D eigenvalue weighted by atomic mass is 31.3. The lowest BCUT2D eigenvalue weighted by molar-refractivity contribution is -0.120. The van der Waals surface area contributed by atoms with Gasteiger partial charge in [0.15, 0.2) is 28.2 Å². The van der Waals surface area contributed by atoms with Crippen molar-refractivity contribution in [2.45, 2.75) is 50.7 Å². The first-order valence-corrected chi connectivity index (χ1v) is 24.9. The number of Topliss-reactive ketones (excluding diaryl/α,β-unsaturated/α-hetero) is 1. The number of aromatic hydroxyl groups is 1. The van der Waals surface area contributed by atoms with Crippen molar-refractivity contribution in [3.8, 4) is 45.8 Å². The lowest BCUT2D eigenvalue weighted by Gasteiger charge is -2.19. The molecule has 3 aliphatic rings. The number of nitrogens with zero attached hydrogens (tertiary/aromatic N) is 4. The van der Waals surface area contributed by atoms with Gasteiger partial charge in [-0.2, -0.15) is 8.62 Å². The number of imidazole rings is 1. The van der Waals surface area contributed by atoms with Crippen molar-refractivity contribution in [2.24, 2.45) is 0 Å². The monoisotopic (exact) mass is 1010 g/mol. The summed E-state index contributed by atoms with van der Waals surface area (Å²) in [4.78, 5) is 87.0. The average molecular weight is 1010 g/mol. The van der Waals surface area contributed by atoms with Crippen LogP contribution in [0, 0.1) is 11.8 Å². The standard InChI is InChI=1S/C43H38N5O18P3/c1-24(47-42-41-43(45-21-44-42)48(22-46-41)39-19-34(53)38(64-39)20-62-68(57,58)66-69(59,60)65-67(54,55)56)26-8-6-25(7-9-26)4-2-3-5-33(52)27-10-15-35(61-23-49)32(16-27)40-30-13-11-28(50)17-36(30)63-37-18-29(51)12-14-31(37)40/h6-18,21-24,34,38-39,50,53H,3,5,19-20H2,1H3,(H,57,58)(H,59,60)(H,44,45,47)(H2,54,55,56)/t24?,34?,38-,39-/m1/s1. The second kappa shape index (κ2) is 19.9. The molecule has 0 radical (unpaired) electrons. The molecule has 4 unspecified atom stereocenters. The number of aliphatic hydroxyl groups is 1. The molecule has 2 aliphatic heterocycles. The summed E-state index contributed by atoms with van der Waals surface area (Å²) in [5, 5.41) is 24.6. The van der Waals surface area contributed by atoms with Gasteiger partial charge >= 0.3 is 23.5 Å². The van der Waals surface area contributed by atoms with Gasteiger partial charge in [-0.15, -0.1) is 0 Å². The number of carbonyl (C=O) groups excluding carboxylic acids is 2. The summed E-state index contributed by atoms with van der Waals surface area (Å²) in [7, 11) is -16.8. The zero-order valence-electron chi connectivity index (χ0n) is 35.6. The fourth-order valence-electron chi connectivity index (χ4n) is 7.51. The molecule has 1 saturated heterocycles. The van der Waals surface area contributed by atoms with Crippen LogP contribution in [0.25, 0.3) is 44.6 Å². The highest BCUT2D eigenvalue weighted by Gasteiger charge is 2.43. The van der Waals surface area contributed by atoms with Gasteiger partial charge in [0.05, 0.1) is 25.1 Å². The van der Waals surface area contributed by atoms with E-state index in [9.17, 15) is 48.1 Å². The summed E-state index contributed by atoms with van der Waals surface area (Å²) in [6.45, 7) is 1.32. The molecular weight excluding hydrogens is 967 g/mol. The van der Waals surface area contributed by atoms with Gasteiger partial charge in [-0.1, -0.05) is 24.0 Å². The van der Waals surface area contributed by atoms with Crippen LogP contribution in [0.3, 0.4) is 0 Å². The van der Waals surface area contributed by atoms with Gasteiger partial charge in [0, 0.05) is 64.6 Å². The van der Waals surface area contributed by atoms with Crippen LogP contribution >= 0.6 is 23.5 Å². The third kappa shape index (κ3) is 11.5. The van der Waals surface area contributed by atoms with Gasteiger partial charge in [-0.3, -0.25) is 23.5 Å². The quantitative estimate of drug-likeness (QED) is 0.0177. The number of carbonyl (C=O) groups is 2. The summed E-state index contributed by atoms with van der Waals surface area (Å²) in [6, 6.07) is 20.5. The van der Waals surface area contributed by atoms with Gasteiger partial charge < -0.3 is 49.0 Å². The number of rotatable bonds is 17. The van der Waals surface area contributed by atoms with Gasteiger partial charge in [-0.05, 0) is 67.1 Å². The molecule has 6 atom stereocenters. The smallest absolute Gasteiger partial charge is 0.490 e. The summed E-state index contributed by atoms with van der Waals surface area (Å²) in [5.41, 5.74) is 3.95. The average Bonchev–Trinajstić information content (AvgIpc) is 3.89. The Morgan fingerprint density at radius 1 is 0.957 bits per heavy atom. The number of phenolic OH excluding ortho intramolecular Hbond substituents is 1. The summed E-state index contributed by atoms with van der Waals surface area (Å²) >= 11 is 0. The van der Waals surface area contributed by atoms with Crippen LogP contribution in [-0.4, -0.2) is 80.4 Å². The largest absolute Gasteiger partial charge is 0.508 e. The van der Waals surface area contributed by atoms with Crippen LogP contribution < -0.4 is 15.5 Å². The number of hydrogen-bond acceptors (Lipinski definition) is 18. The number of phosphoric ester groups is 1. The maximum Gasteiger partial charge on any atom is 0.490 e. The summed E-state index contributed by atoms with van der Waals surface area (Å²) < 4.78 is 65.3. The topological polar surface area (TPSA) is 339 Å². The molecule has 3 aromatic carbocycles. The van der Waals surface area contributed by atoms with E-state index in [2.05, 4.69) is 45.3 Å². The molecule has 69 heavy (non-hydrogen) atoms. The van der Waals surface area contributed by atoms with Crippen LogP contribution in [0.4, 0.5) is 5.82 Å². The second-order valence-electron chi connectivity index (χ2n) is 15.3. The minimum atomic E-state index is -5.74. The van der Waals surface area contributed by atoms with Crippen molar-refractivity contribution in [3.63, 3.8) is 0 Å². The first-order chi connectivity index (χ1) is 32.8. The number of phosphoric acid groups is 3. The molecule has 8 rings (SSSR count). The van der Waals surface area contributed by atoms with Crippen molar-refractivity contribution >= 4 is 63.7 Å². The normalized spacial score (nSPS) is 18.3. The van der Waals surface area contributed by atoms with Crippen molar-refractivity contribution in [2.75, 3.05) is 11.9 Å². The molecule has 0 saturated carbocycles. The van der Waals surface area contributed by atoms with Crippen LogP contribution in [0.5, 0.6) is 11.5 Å². The molecule has 7 N–H and O–H groups in total. The lowest BCUT2D eigenvalue weighted by atomic mass is 9.91. The highest BCUT2D eigenvalue weighted by Crippen LogP contribution is 2.66. The molecule has 5 aromatic rings. The van der Waals surface area contributed by atoms with E-state index in [1.807, 2.05) is 31.2 Å². The van der Waals surface area contributed by atoms with E-state index in [1.54, 1.807) is 24.3 Å². The Morgan fingerprint density at radius 2 is 1.74 bits per heavy atom. The van der Waals surface area contributed by atoms with Crippen LogP contribution in [0.15, 0.2) is 101 Å². The number of phenols is 1. The van der Waals surface area contributed by atoms with E-state index in [1.165, 1.54) is 47.6 Å². The van der Waals surface area contributed by atoms with E-state index in [-0.39, 0.29) is 65.8 Å². The van der Waals surface area contributed by atoms with Crippen molar-refractivity contribution < 1.29 is 80.1 Å². The molecule has 23 nitrogen and oxygen atoms in total. The molecule has 358 valence electrons. The number of aliphatic hydroxyl groups excluding tert-OH is 1. The molecule has 4 heterocycles. The van der Waals surface area contributed by atoms with Crippen molar-refractivity contribution in [1.82, 2.24) is 19.5 Å². The van der Waals surface area contributed by atoms with Crippen LogP contribution in [0.1, 0.15) is 59.9 Å². The Labute approximate surface area is 389 Å². The fourth-order valence-corrected chi connectivity index (χ4v) is 10.5. The predicted octanol–water partition coefficient (Wildman–Crippen LogP) is 6.12. The third-order valence-corrected chi connectivity index (χ3v) is 14.4. The number of fused-ring (bicyclic) bond motifs is 3. The zero-order valence-corrected chi connectivity index (χ0v) is 38.3. The van der Waals surface area contributed by atoms with Gasteiger partial charge in [-0.25, -0.2) is 28.6 Å². The highest BCUT2D eigenvalue weighted by molar-refractivity contribution is 7.66. The number of benzene rings is 4. The van der Waals surface area contributed by atoms with Gasteiger partial charge in [0.2, 0.25) is 0 Å².